The first-order valence-corrected chi connectivity index (χ1v) is 16.3. The maximum absolute atomic E-state index is 14.0. The molecule has 3 heterocycles. The van der Waals surface area contributed by atoms with E-state index in [4.69, 9.17) is 33.2 Å². The van der Waals surface area contributed by atoms with Gasteiger partial charge in [-0.3, -0.25) is 9.36 Å². The Morgan fingerprint density at radius 3 is 2.55 bits per heavy atom. The van der Waals surface area contributed by atoms with Crippen molar-refractivity contribution < 1.29 is 38.0 Å². The van der Waals surface area contributed by atoms with E-state index in [1.807, 2.05) is 44.2 Å². The number of rotatable bonds is 11. The summed E-state index contributed by atoms with van der Waals surface area (Å²) in [4.78, 5) is 31.8. The number of ether oxygens (including phenoxy) is 7. The summed E-state index contributed by atoms with van der Waals surface area (Å²) in [5.74, 6) is 2.83. The third-order valence-electron chi connectivity index (χ3n) is 7.38. The Bertz CT molecular complexity index is 2050. The number of methoxy groups -OCH3 is 2. The van der Waals surface area contributed by atoms with E-state index in [0.717, 1.165) is 5.56 Å². The average molecular weight is 724 g/mol. The number of hydrogen-bond donors (Lipinski definition) is 0. The molecule has 2 aliphatic rings. The molecule has 0 aliphatic carbocycles. The van der Waals surface area contributed by atoms with E-state index >= 15 is 0 Å². The second kappa shape index (κ2) is 13.9. The number of hydrogen-bond acceptors (Lipinski definition) is 11. The minimum Gasteiger partial charge on any atom is -0.493 e. The zero-order chi connectivity index (χ0) is 33.1. The van der Waals surface area contributed by atoms with Crippen molar-refractivity contribution in [1.29, 1.82) is 0 Å². The molecule has 0 fully saturated rings. The number of carbonyl (C=O) groups is 1. The van der Waals surface area contributed by atoms with Gasteiger partial charge in [0.1, 0.15) is 6.61 Å². The zero-order valence-corrected chi connectivity index (χ0v) is 28.4. The maximum Gasteiger partial charge on any atom is 0.337 e. The quantitative estimate of drug-likeness (QED) is 0.200. The summed E-state index contributed by atoms with van der Waals surface area (Å²) in [6.07, 6.45) is 3.20. The summed E-state index contributed by atoms with van der Waals surface area (Å²) in [5.41, 5.74) is 2.13. The lowest BCUT2D eigenvalue weighted by molar-refractivity contribution is -0.136. The van der Waals surface area contributed by atoms with Crippen molar-refractivity contribution in [2.24, 2.45) is 4.99 Å². The zero-order valence-electron chi connectivity index (χ0n) is 26.0. The molecule has 0 unspecified atom stereocenters. The minimum atomic E-state index is -0.802. The van der Waals surface area contributed by atoms with Crippen molar-refractivity contribution in [2.75, 3.05) is 34.2 Å². The predicted molar refractivity (Wildman–Crippen MR) is 178 cm³/mol. The standard InChI is InChI=1S/C34H31BrN2O9S/c1-5-42-24-10-8-21(15-27(24)43-6-2)30-22(33(39)41-4)16-36-34-37(30)32(38)29(47-34)14-20-11-23(35)31(28(13-20)40-3)44-17-19-7-9-25-26(12-19)46-18-45-25/h7-16,30H,5-6,17-18H2,1-4H3/b29-14-/t30-/m1/s1. The van der Waals surface area contributed by atoms with Gasteiger partial charge in [0.05, 0.1) is 48.1 Å². The highest BCUT2D eigenvalue weighted by Crippen LogP contribution is 2.39. The van der Waals surface area contributed by atoms with Crippen LogP contribution in [0, 0.1) is 0 Å². The number of aromatic nitrogens is 1. The van der Waals surface area contributed by atoms with Crippen LogP contribution in [0.25, 0.3) is 6.08 Å². The van der Waals surface area contributed by atoms with Crippen molar-refractivity contribution in [1.82, 2.24) is 4.57 Å². The molecule has 0 saturated heterocycles. The molecule has 0 radical (unpaired) electrons. The molecule has 0 amide bonds. The molecule has 0 saturated carbocycles. The fourth-order valence-corrected chi connectivity index (χ4v) is 6.83. The maximum atomic E-state index is 14.0. The molecule has 0 bridgehead atoms. The summed E-state index contributed by atoms with van der Waals surface area (Å²) in [6, 6.07) is 13.8. The second-order valence-electron chi connectivity index (χ2n) is 10.3. The van der Waals surface area contributed by atoms with Gasteiger partial charge in [0.25, 0.3) is 5.56 Å². The fourth-order valence-electron chi connectivity index (χ4n) is 5.29. The summed E-state index contributed by atoms with van der Waals surface area (Å²) < 4.78 is 41.8. The molecule has 1 aromatic heterocycles. The largest absolute Gasteiger partial charge is 0.493 e. The van der Waals surface area contributed by atoms with Gasteiger partial charge in [0, 0.05) is 6.20 Å². The Morgan fingerprint density at radius 1 is 1.00 bits per heavy atom. The third-order valence-corrected chi connectivity index (χ3v) is 8.96. The number of fused-ring (bicyclic) bond motifs is 2. The van der Waals surface area contributed by atoms with Gasteiger partial charge in [-0.25, -0.2) is 9.79 Å². The fraction of sp³-hybridized carbons (Fsp3) is 0.265. The highest BCUT2D eigenvalue weighted by molar-refractivity contribution is 9.10. The lowest BCUT2D eigenvalue weighted by Gasteiger charge is -2.23. The Hall–Kier alpha value is -4.75. The lowest BCUT2D eigenvalue weighted by Crippen LogP contribution is -2.39. The minimum absolute atomic E-state index is 0.196. The van der Waals surface area contributed by atoms with Crippen LogP contribution < -0.4 is 43.3 Å². The molecular weight excluding hydrogens is 692 g/mol. The monoisotopic (exact) mass is 722 g/mol. The van der Waals surface area contributed by atoms with Crippen molar-refractivity contribution in [3.05, 3.63) is 101 Å². The van der Waals surface area contributed by atoms with E-state index in [2.05, 4.69) is 20.9 Å². The molecule has 244 valence electrons. The highest BCUT2D eigenvalue weighted by atomic mass is 79.9. The van der Waals surface area contributed by atoms with Crippen LogP contribution in [-0.2, 0) is 16.1 Å². The van der Waals surface area contributed by atoms with Crippen LogP contribution in [0.15, 0.2) is 74.6 Å². The molecule has 0 spiro atoms. The molecule has 0 N–H and O–H groups in total. The van der Waals surface area contributed by atoms with Gasteiger partial charge in [-0.1, -0.05) is 23.5 Å². The molecule has 4 aromatic rings. The van der Waals surface area contributed by atoms with Gasteiger partial charge < -0.3 is 33.2 Å². The van der Waals surface area contributed by atoms with E-state index in [-0.39, 0.29) is 24.5 Å². The summed E-state index contributed by atoms with van der Waals surface area (Å²) in [7, 11) is 2.84. The van der Waals surface area contributed by atoms with Gasteiger partial charge in [-0.15, -0.1) is 0 Å². The normalized spacial score (nSPS) is 15.0. The second-order valence-corrected chi connectivity index (χ2v) is 12.1. The number of esters is 1. The first-order valence-electron chi connectivity index (χ1n) is 14.7. The third kappa shape index (κ3) is 6.45. The van der Waals surface area contributed by atoms with Crippen LogP contribution in [0.4, 0.5) is 0 Å². The van der Waals surface area contributed by atoms with Crippen molar-refractivity contribution in [3.63, 3.8) is 0 Å². The number of benzene rings is 3. The van der Waals surface area contributed by atoms with Crippen LogP contribution >= 0.6 is 27.3 Å². The predicted octanol–water partition coefficient (Wildman–Crippen LogP) is 4.89. The van der Waals surface area contributed by atoms with Crippen molar-refractivity contribution >= 4 is 39.3 Å². The van der Waals surface area contributed by atoms with Crippen LogP contribution in [0.3, 0.4) is 0 Å². The van der Waals surface area contributed by atoms with E-state index in [1.54, 1.807) is 31.4 Å². The molecule has 1 atom stereocenters. The Morgan fingerprint density at radius 2 is 1.79 bits per heavy atom. The highest BCUT2D eigenvalue weighted by Gasteiger charge is 2.31. The van der Waals surface area contributed by atoms with Gasteiger partial charge in [0.15, 0.2) is 39.3 Å². The van der Waals surface area contributed by atoms with Crippen LogP contribution in [0.5, 0.6) is 34.5 Å². The number of carbonyl (C=O) groups excluding carboxylic acids is 1. The Balaban J connectivity index is 1.36. The van der Waals surface area contributed by atoms with Gasteiger partial charge in [0.2, 0.25) is 6.79 Å². The molecule has 6 rings (SSSR count). The van der Waals surface area contributed by atoms with Crippen LogP contribution in [-0.4, -0.2) is 44.8 Å². The summed E-state index contributed by atoms with van der Waals surface area (Å²) in [6.45, 7) is 5.08. The number of nitrogens with zero attached hydrogens (tertiary/aromatic N) is 2. The first kappa shape index (κ1) is 32.2. The van der Waals surface area contributed by atoms with E-state index in [9.17, 15) is 9.59 Å². The van der Waals surface area contributed by atoms with Crippen molar-refractivity contribution in [2.45, 2.75) is 26.5 Å². The molecule has 47 heavy (non-hydrogen) atoms. The van der Waals surface area contributed by atoms with Gasteiger partial charge >= 0.3 is 5.97 Å². The molecule has 3 aromatic carbocycles. The topological polar surface area (TPSA) is 116 Å². The number of thiazole rings is 1. The Labute approximate surface area is 282 Å². The Kier molecular flexibility index (Phi) is 9.55. The van der Waals surface area contributed by atoms with Crippen LogP contribution in [0.2, 0.25) is 0 Å². The first-order chi connectivity index (χ1) is 22.8. The SMILES string of the molecule is CCOc1ccc([C@@H]2C(C(=O)OC)=CN=c3s/c(=C\c4cc(Br)c(OCc5ccc6c(c5)OCO6)c(OC)c4)c(=O)n32)cc1OCC. The van der Waals surface area contributed by atoms with Crippen molar-refractivity contribution in [3.8, 4) is 34.5 Å². The van der Waals surface area contributed by atoms with Crippen LogP contribution in [0.1, 0.15) is 36.6 Å². The molecule has 13 heteroatoms. The average Bonchev–Trinajstić information content (AvgIpc) is 3.67. The molecule has 11 nitrogen and oxygen atoms in total. The van der Waals surface area contributed by atoms with E-state index in [1.165, 1.54) is 29.2 Å². The lowest BCUT2D eigenvalue weighted by atomic mass is 9.97. The molecular formula is C34H31BrN2O9S. The smallest absolute Gasteiger partial charge is 0.337 e. The van der Waals surface area contributed by atoms with Gasteiger partial charge in [-0.2, -0.15) is 0 Å². The van der Waals surface area contributed by atoms with E-state index in [0.29, 0.717) is 72.6 Å². The van der Waals surface area contributed by atoms with Gasteiger partial charge in [-0.05, 0) is 88.9 Å². The van der Waals surface area contributed by atoms with E-state index < -0.39 is 12.0 Å². The summed E-state index contributed by atoms with van der Waals surface area (Å²) >= 11 is 4.82. The summed E-state index contributed by atoms with van der Waals surface area (Å²) in [5, 5.41) is 0. The molecule has 2 aliphatic heterocycles. The number of halogens is 1.